The summed E-state index contributed by atoms with van der Waals surface area (Å²) in [5.41, 5.74) is 3.90. The van der Waals surface area contributed by atoms with Crippen LogP contribution in [0.15, 0.2) is 64.7 Å². The van der Waals surface area contributed by atoms with E-state index in [-0.39, 0.29) is 24.0 Å². The third kappa shape index (κ3) is 3.70. The quantitative estimate of drug-likeness (QED) is 0.410. The molecule has 1 aliphatic rings. The molecule has 0 bridgehead atoms. The maximum absolute atomic E-state index is 2.39. The van der Waals surface area contributed by atoms with Crippen LogP contribution in [0.4, 0.5) is 5.69 Å². The van der Waals surface area contributed by atoms with E-state index in [0.717, 1.165) is 6.54 Å². The maximum atomic E-state index is 2.39. The van der Waals surface area contributed by atoms with Gasteiger partial charge in [-0.15, -0.1) is 0 Å². The van der Waals surface area contributed by atoms with E-state index in [0.29, 0.717) is 0 Å². The summed E-state index contributed by atoms with van der Waals surface area (Å²) < 4.78 is 2.23. The van der Waals surface area contributed by atoms with Crippen molar-refractivity contribution in [1.82, 2.24) is 0 Å². The summed E-state index contributed by atoms with van der Waals surface area (Å²) in [6, 6.07) is 17.4. The van der Waals surface area contributed by atoms with Crippen molar-refractivity contribution >= 4 is 34.9 Å². The Hall–Kier alpha value is -1.31. The Labute approximate surface area is 180 Å². The highest BCUT2D eigenvalue weighted by atomic mass is 127. The van der Waals surface area contributed by atoms with Crippen LogP contribution in [0.25, 0.3) is 16.5 Å². The van der Waals surface area contributed by atoms with Gasteiger partial charge in [0, 0.05) is 11.4 Å². The average molecular weight is 492 g/mol. The van der Waals surface area contributed by atoms with Crippen LogP contribution in [0, 0.1) is 6.92 Å². The molecule has 3 aromatic rings. The highest BCUT2D eigenvalue weighted by molar-refractivity contribution is 8.03. The Morgan fingerprint density at radius 1 is 1.08 bits per heavy atom. The van der Waals surface area contributed by atoms with Crippen LogP contribution in [0.5, 0.6) is 0 Å². The average Bonchev–Trinajstić information content (AvgIpc) is 3.16. The zero-order chi connectivity index (χ0) is 17.4. The number of rotatable bonds is 3. The number of anilines is 1. The molecule has 0 saturated heterocycles. The monoisotopic (exact) mass is 492 g/mol. The molecule has 0 aliphatic carbocycles. The lowest BCUT2D eigenvalue weighted by Gasteiger charge is -2.17. The van der Waals surface area contributed by atoms with Crippen LogP contribution in [0.2, 0.25) is 0 Å². The van der Waals surface area contributed by atoms with Crippen molar-refractivity contribution in [2.24, 2.45) is 7.05 Å². The third-order valence-corrected chi connectivity index (χ3v) is 6.70. The van der Waals surface area contributed by atoms with Gasteiger partial charge in [0.05, 0.1) is 16.8 Å². The second kappa shape index (κ2) is 8.15. The van der Waals surface area contributed by atoms with Crippen molar-refractivity contribution in [3.8, 4) is 10.4 Å². The van der Waals surface area contributed by atoms with Crippen LogP contribution >= 0.6 is 23.1 Å². The van der Waals surface area contributed by atoms with Crippen LogP contribution in [-0.4, -0.2) is 6.54 Å². The number of benzene rings is 2. The SMILES string of the molecule is CCN1/C(=C\c2sc(-c3ccc(C)cc3)c[n+]2C)Sc2ccccc21.[I-]. The molecular weight excluding hydrogens is 471 g/mol. The summed E-state index contributed by atoms with van der Waals surface area (Å²) in [5, 5.41) is 2.57. The standard InChI is InChI=1S/C21H21N2S2.HI/c1-4-23-17-7-5-6-8-18(17)24-21(23)13-20-22(3)14-19(25-20)16-11-9-15(2)10-12-16;/h5-14H,4H2,1-3H3;1H/q+1;/p-1. The van der Waals surface area contributed by atoms with Crippen LogP contribution in [-0.2, 0) is 7.05 Å². The molecule has 0 unspecified atom stereocenters. The van der Waals surface area contributed by atoms with Crippen molar-refractivity contribution in [2.45, 2.75) is 18.7 Å². The van der Waals surface area contributed by atoms with E-state index in [2.05, 4.69) is 91.2 Å². The zero-order valence-electron chi connectivity index (χ0n) is 15.1. The fourth-order valence-electron chi connectivity index (χ4n) is 3.03. The smallest absolute Gasteiger partial charge is 0.264 e. The van der Waals surface area contributed by atoms with Gasteiger partial charge in [-0.2, -0.15) is 4.57 Å². The number of thioether (sulfide) groups is 1. The Morgan fingerprint density at radius 2 is 1.81 bits per heavy atom. The number of aryl methyl sites for hydroxylation is 2. The molecule has 134 valence electrons. The van der Waals surface area contributed by atoms with Crippen molar-refractivity contribution < 1.29 is 28.5 Å². The summed E-state index contributed by atoms with van der Waals surface area (Å²) in [6.07, 6.45) is 4.54. The molecule has 2 heterocycles. The van der Waals surface area contributed by atoms with Gasteiger partial charge >= 0.3 is 0 Å². The number of hydrogen-bond donors (Lipinski definition) is 0. The molecule has 26 heavy (non-hydrogen) atoms. The van der Waals surface area contributed by atoms with Gasteiger partial charge in [0.15, 0.2) is 6.20 Å². The first-order chi connectivity index (χ1) is 12.2. The van der Waals surface area contributed by atoms with E-state index in [1.807, 2.05) is 23.1 Å². The second-order valence-electron chi connectivity index (χ2n) is 6.21. The van der Waals surface area contributed by atoms with Crippen molar-refractivity contribution in [3.63, 3.8) is 0 Å². The Balaban J connectivity index is 0.00000196. The molecule has 0 saturated carbocycles. The van der Waals surface area contributed by atoms with E-state index in [9.17, 15) is 0 Å². The molecule has 1 aromatic heterocycles. The topological polar surface area (TPSA) is 7.12 Å². The lowest BCUT2D eigenvalue weighted by atomic mass is 10.1. The predicted molar refractivity (Wildman–Crippen MR) is 109 cm³/mol. The number of fused-ring (bicyclic) bond motifs is 1. The van der Waals surface area contributed by atoms with Gasteiger partial charge < -0.3 is 28.9 Å². The van der Waals surface area contributed by atoms with Gasteiger partial charge in [0.2, 0.25) is 0 Å². The molecular formula is C21H21IN2S2. The third-order valence-electron chi connectivity index (χ3n) is 4.41. The summed E-state index contributed by atoms with van der Waals surface area (Å²) in [4.78, 5) is 5.04. The molecule has 0 fully saturated rings. The minimum atomic E-state index is 0. The highest BCUT2D eigenvalue weighted by Crippen LogP contribution is 2.46. The molecule has 0 spiro atoms. The molecule has 0 amide bonds. The van der Waals surface area contributed by atoms with Gasteiger partial charge in [-0.3, -0.25) is 0 Å². The van der Waals surface area contributed by atoms with Crippen LogP contribution < -0.4 is 33.4 Å². The number of halogens is 1. The Bertz CT molecular complexity index is 945. The number of para-hydroxylation sites is 1. The molecule has 2 nitrogen and oxygen atoms in total. The Morgan fingerprint density at radius 3 is 2.54 bits per heavy atom. The predicted octanol–water partition coefficient (Wildman–Crippen LogP) is 2.48. The molecule has 4 rings (SSSR count). The molecule has 1 aliphatic heterocycles. The van der Waals surface area contributed by atoms with E-state index < -0.39 is 0 Å². The fraction of sp³-hybridized carbons (Fsp3) is 0.190. The first kappa shape index (κ1) is 19.5. The normalized spacial score (nSPS) is 14.4. The van der Waals surface area contributed by atoms with Crippen LogP contribution in [0.1, 0.15) is 17.5 Å². The van der Waals surface area contributed by atoms with Gasteiger partial charge in [-0.05, 0) is 31.5 Å². The van der Waals surface area contributed by atoms with Gasteiger partial charge in [0.1, 0.15) is 11.9 Å². The molecule has 2 aromatic carbocycles. The van der Waals surface area contributed by atoms with Crippen molar-refractivity contribution in [3.05, 3.63) is 70.3 Å². The number of aromatic nitrogens is 1. The minimum Gasteiger partial charge on any atom is -1.00 e. The lowest BCUT2D eigenvalue weighted by molar-refractivity contribution is -0.667. The lowest BCUT2D eigenvalue weighted by Crippen LogP contribution is -3.00. The maximum Gasteiger partial charge on any atom is 0.264 e. The largest absolute Gasteiger partial charge is 1.00 e. The summed E-state index contributed by atoms with van der Waals surface area (Å²) in [6.45, 7) is 5.32. The van der Waals surface area contributed by atoms with E-state index in [1.165, 1.54) is 36.6 Å². The molecule has 0 atom stereocenters. The molecule has 0 N–H and O–H groups in total. The first-order valence-corrected chi connectivity index (χ1v) is 10.1. The van der Waals surface area contributed by atoms with E-state index in [4.69, 9.17) is 0 Å². The number of nitrogens with zero attached hydrogens (tertiary/aromatic N) is 2. The Kier molecular flexibility index (Phi) is 6.10. The fourth-order valence-corrected chi connectivity index (χ4v) is 5.32. The second-order valence-corrected chi connectivity index (χ2v) is 8.33. The summed E-state index contributed by atoms with van der Waals surface area (Å²) in [7, 11) is 2.13. The van der Waals surface area contributed by atoms with E-state index in [1.54, 1.807) is 0 Å². The number of hydrogen-bond acceptors (Lipinski definition) is 3. The minimum absolute atomic E-state index is 0. The first-order valence-electron chi connectivity index (χ1n) is 8.48. The zero-order valence-corrected chi connectivity index (χ0v) is 18.9. The molecule has 0 radical (unpaired) electrons. The van der Waals surface area contributed by atoms with Crippen molar-refractivity contribution in [2.75, 3.05) is 11.4 Å². The van der Waals surface area contributed by atoms with Crippen LogP contribution in [0.3, 0.4) is 0 Å². The van der Waals surface area contributed by atoms with Crippen molar-refractivity contribution in [1.29, 1.82) is 0 Å². The van der Waals surface area contributed by atoms with Gasteiger partial charge in [-0.1, -0.05) is 65.1 Å². The van der Waals surface area contributed by atoms with Gasteiger partial charge in [-0.25, -0.2) is 0 Å². The van der Waals surface area contributed by atoms with E-state index >= 15 is 0 Å². The molecule has 5 heteroatoms. The number of thiazole rings is 1. The summed E-state index contributed by atoms with van der Waals surface area (Å²) in [5.74, 6) is 0. The highest BCUT2D eigenvalue weighted by Gasteiger charge is 2.25. The summed E-state index contributed by atoms with van der Waals surface area (Å²) >= 11 is 3.70. The van der Waals surface area contributed by atoms with Gasteiger partial charge in [0.25, 0.3) is 5.01 Å².